The highest BCUT2D eigenvalue weighted by Gasteiger charge is 2.34. The zero-order chi connectivity index (χ0) is 19.0. The number of alkyl halides is 3. The fourth-order valence-corrected chi connectivity index (χ4v) is 2.04. The third-order valence-electron chi connectivity index (χ3n) is 3.18. The number of carbonyl (C=O) groups is 1. The van der Waals surface area contributed by atoms with Gasteiger partial charge in [-0.25, -0.2) is 0 Å². The van der Waals surface area contributed by atoms with Crippen molar-refractivity contribution in [1.82, 2.24) is 0 Å². The van der Waals surface area contributed by atoms with Crippen LogP contribution in [-0.2, 0) is 6.18 Å². The SMILES string of the molecule is CN.CNc1ccc(C(=O)Nc2cccc(OC)c2)cc1C(F)(F)F. The number of methoxy groups -OCH3 is 1. The number of hydrogen-bond donors (Lipinski definition) is 3. The van der Waals surface area contributed by atoms with E-state index in [1.807, 2.05) is 0 Å². The first-order valence-electron chi connectivity index (χ1n) is 7.27. The van der Waals surface area contributed by atoms with Crippen LogP contribution in [0.1, 0.15) is 15.9 Å². The highest BCUT2D eigenvalue weighted by molar-refractivity contribution is 6.04. The minimum Gasteiger partial charge on any atom is -0.497 e. The number of anilines is 2. The van der Waals surface area contributed by atoms with E-state index in [1.54, 1.807) is 24.3 Å². The lowest BCUT2D eigenvalue weighted by Crippen LogP contribution is -2.15. The van der Waals surface area contributed by atoms with Gasteiger partial charge >= 0.3 is 6.18 Å². The zero-order valence-electron chi connectivity index (χ0n) is 14.1. The molecule has 2 rings (SSSR count). The van der Waals surface area contributed by atoms with E-state index in [1.165, 1.54) is 33.3 Å². The summed E-state index contributed by atoms with van der Waals surface area (Å²) in [6, 6.07) is 9.93. The van der Waals surface area contributed by atoms with Crippen molar-refractivity contribution in [1.29, 1.82) is 0 Å². The molecule has 0 aliphatic rings. The molecule has 0 spiro atoms. The van der Waals surface area contributed by atoms with Gasteiger partial charge in [0.2, 0.25) is 0 Å². The van der Waals surface area contributed by atoms with Gasteiger partial charge in [0.15, 0.2) is 0 Å². The molecule has 4 N–H and O–H groups in total. The second-order valence-electron chi connectivity index (χ2n) is 4.69. The standard InChI is InChI=1S/C16H15F3N2O2.CH5N/c1-20-14-7-6-10(8-13(14)16(17,18)19)15(22)21-11-4-3-5-12(9-11)23-2;1-2/h3-9,20H,1-2H3,(H,21,22);2H2,1H3. The van der Waals surface area contributed by atoms with Crippen LogP contribution in [0.2, 0.25) is 0 Å². The quantitative estimate of drug-likeness (QED) is 0.783. The maximum Gasteiger partial charge on any atom is 0.418 e. The fraction of sp³-hybridized carbons (Fsp3) is 0.235. The Balaban J connectivity index is 0.00000151. The van der Waals surface area contributed by atoms with E-state index in [9.17, 15) is 18.0 Å². The Hall–Kier alpha value is -2.74. The first kappa shape index (κ1) is 20.3. The molecule has 0 bridgehead atoms. The second kappa shape index (κ2) is 8.93. The largest absolute Gasteiger partial charge is 0.497 e. The predicted molar refractivity (Wildman–Crippen MR) is 92.0 cm³/mol. The third-order valence-corrected chi connectivity index (χ3v) is 3.18. The molecule has 8 heteroatoms. The van der Waals surface area contributed by atoms with Gasteiger partial charge in [-0.3, -0.25) is 4.79 Å². The molecule has 0 radical (unpaired) electrons. The number of nitrogens with two attached hydrogens (primary N) is 1. The minimum absolute atomic E-state index is 0.0841. The summed E-state index contributed by atoms with van der Waals surface area (Å²) in [5.41, 5.74) is 3.87. The molecule has 0 unspecified atom stereocenters. The average Bonchev–Trinajstić information content (AvgIpc) is 2.62. The maximum absolute atomic E-state index is 13.0. The molecule has 0 aliphatic heterocycles. The molecule has 1 amide bonds. The van der Waals surface area contributed by atoms with Gasteiger partial charge in [-0.1, -0.05) is 6.07 Å². The van der Waals surface area contributed by atoms with Crippen LogP contribution in [-0.4, -0.2) is 27.1 Å². The molecule has 0 aromatic heterocycles. The van der Waals surface area contributed by atoms with Crippen molar-refractivity contribution in [2.24, 2.45) is 5.73 Å². The lowest BCUT2D eigenvalue weighted by molar-refractivity contribution is -0.136. The van der Waals surface area contributed by atoms with E-state index in [-0.39, 0.29) is 11.3 Å². The van der Waals surface area contributed by atoms with Gasteiger partial charge in [-0.15, -0.1) is 0 Å². The highest BCUT2D eigenvalue weighted by atomic mass is 19.4. The Bertz CT molecular complexity index is 719. The number of ether oxygens (including phenoxy) is 1. The number of benzene rings is 2. The smallest absolute Gasteiger partial charge is 0.418 e. The summed E-state index contributed by atoms with van der Waals surface area (Å²) in [7, 11) is 4.37. The number of rotatable bonds is 4. The number of carbonyl (C=O) groups excluding carboxylic acids is 1. The van der Waals surface area contributed by atoms with E-state index < -0.39 is 17.6 Å². The molecule has 5 nitrogen and oxygen atoms in total. The van der Waals surface area contributed by atoms with Crippen LogP contribution in [0.4, 0.5) is 24.5 Å². The van der Waals surface area contributed by atoms with Crippen LogP contribution in [0.25, 0.3) is 0 Å². The van der Waals surface area contributed by atoms with Crippen LogP contribution in [0, 0.1) is 0 Å². The van der Waals surface area contributed by atoms with Crippen molar-refractivity contribution in [3.8, 4) is 5.75 Å². The first-order chi connectivity index (χ1) is 11.8. The van der Waals surface area contributed by atoms with Gasteiger partial charge in [0.05, 0.1) is 12.7 Å². The van der Waals surface area contributed by atoms with Gasteiger partial charge in [-0.05, 0) is 37.4 Å². The minimum atomic E-state index is -4.55. The lowest BCUT2D eigenvalue weighted by atomic mass is 10.1. The molecule has 0 saturated carbocycles. The van der Waals surface area contributed by atoms with Crippen LogP contribution >= 0.6 is 0 Å². The van der Waals surface area contributed by atoms with Crippen molar-refractivity contribution in [2.45, 2.75) is 6.18 Å². The molecule has 25 heavy (non-hydrogen) atoms. The monoisotopic (exact) mass is 355 g/mol. The van der Waals surface area contributed by atoms with E-state index in [0.29, 0.717) is 11.4 Å². The van der Waals surface area contributed by atoms with Gasteiger partial charge in [0.25, 0.3) is 5.91 Å². The number of amides is 1. The number of nitrogens with one attached hydrogen (secondary N) is 2. The Morgan fingerprint density at radius 2 is 1.80 bits per heavy atom. The Labute approximate surface area is 144 Å². The summed E-state index contributed by atoms with van der Waals surface area (Å²) in [5, 5.41) is 5.01. The molecule has 136 valence electrons. The van der Waals surface area contributed by atoms with Crippen LogP contribution < -0.4 is 21.1 Å². The molecule has 0 aliphatic carbocycles. The third kappa shape index (κ3) is 5.39. The predicted octanol–water partition coefficient (Wildman–Crippen LogP) is 3.58. The summed E-state index contributed by atoms with van der Waals surface area (Å²) >= 11 is 0. The van der Waals surface area contributed by atoms with Gasteiger partial charge in [-0.2, -0.15) is 13.2 Å². The number of hydrogen-bond acceptors (Lipinski definition) is 4. The molecule has 0 heterocycles. The van der Waals surface area contributed by atoms with Crippen molar-refractivity contribution in [2.75, 3.05) is 31.8 Å². The van der Waals surface area contributed by atoms with Gasteiger partial charge in [0.1, 0.15) is 5.75 Å². The molecule has 2 aromatic rings. The molecule has 2 aromatic carbocycles. The lowest BCUT2D eigenvalue weighted by Gasteiger charge is -2.14. The van der Waals surface area contributed by atoms with Gasteiger partial charge < -0.3 is 21.1 Å². The molecule has 0 atom stereocenters. The average molecular weight is 355 g/mol. The van der Waals surface area contributed by atoms with E-state index >= 15 is 0 Å². The summed E-state index contributed by atoms with van der Waals surface area (Å²) in [6.07, 6.45) is -4.55. The Kier molecular flexibility index (Phi) is 7.25. The van der Waals surface area contributed by atoms with E-state index in [0.717, 1.165) is 6.07 Å². The molecular formula is C17H20F3N3O2. The molecule has 0 saturated heterocycles. The second-order valence-corrected chi connectivity index (χ2v) is 4.69. The van der Waals surface area contributed by atoms with Crippen molar-refractivity contribution < 1.29 is 22.7 Å². The molecular weight excluding hydrogens is 335 g/mol. The van der Waals surface area contributed by atoms with E-state index in [2.05, 4.69) is 16.4 Å². The number of halogens is 3. The molecule has 0 fully saturated rings. The van der Waals surface area contributed by atoms with Crippen LogP contribution in [0.15, 0.2) is 42.5 Å². The maximum atomic E-state index is 13.0. The van der Waals surface area contributed by atoms with Crippen molar-refractivity contribution >= 4 is 17.3 Å². The summed E-state index contributed by atoms with van der Waals surface area (Å²) < 4.78 is 44.1. The topological polar surface area (TPSA) is 76.4 Å². The van der Waals surface area contributed by atoms with Crippen molar-refractivity contribution in [3.05, 3.63) is 53.6 Å². The van der Waals surface area contributed by atoms with E-state index in [4.69, 9.17) is 4.74 Å². The van der Waals surface area contributed by atoms with Crippen molar-refractivity contribution in [3.63, 3.8) is 0 Å². The first-order valence-corrected chi connectivity index (χ1v) is 7.27. The summed E-state index contributed by atoms with van der Waals surface area (Å²) in [6.45, 7) is 0. The normalized spacial score (nSPS) is 10.4. The van der Waals surface area contributed by atoms with Gasteiger partial charge in [0, 0.05) is 30.1 Å². The Morgan fingerprint density at radius 1 is 1.12 bits per heavy atom. The zero-order valence-corrected chi connectivity index (χ0v) is 14.1. The van der Waals surface area contributed by atoms with Crippen LogP contribution in [0.5, 0.6) is 5.75 Å². The summed E-state index contributed by atoms with van der Waals surface area (Å²) in [4.78, 5) is 12.2. The Morgan fingerprint density at radius 3 is 2.36 bits per heavy atom. The van der Waals surface area contributed by atoms with Crippen LogP contribution in [0.3, 0.4) is 0 Å². The summed E-state index contributed by atoms with van der Waals surface area (Å²) in [5.74, 6) is -0.101. The highest BCUT2D eigenvalue weighted by Crippen LogP contribution is 2.35. The fourth-order valence-electron chi connectivity index (χ4n) is 2.04.